The topological polar surface area (TPSA) is 64.3 Å². The minimum Gasteiger partial charge on any atom is -0.394 e. The zero-order valence-electron chi connectivity index (χ0n) is 9.69. The second-order valence-electron chi connectivity index (χ2n) is 4.28. The Balaban J connectivity index is 2.12. The normalized spacial score (nSPS) is 20.1. The fourth-order valence-corrected chi connectivity index (χ4v) is 2.13. The highest BCUT2D eigenvalue weighted by Gasteiger charge is 2.29. The number of carbonyl (C=O) groups excluding carboxylic acids is 1. The number of hydrogen-bond donors (Lipinski definition) is 1. The van der Waals surface area contributed by atoms with E-state index in [1.165, 1.54) is 0 Å². The maximum atomic E-state index is 11.5. The Labute approximate surface area is 96.9 Å². The van der Waals surface area contributed by atoms with E-state index in [9.17, 15) is 4.79 Å². The predicted octanol–water partition coefficient (Wildman–Crippen LogP) is 1.44. The van der Waals surface area contributed by atoms with Crippen molar-refractivity contribution in [3.05, 3.63) is 0 Å². The van der Waals surface area contributed by atoms with Crippen LogP contribution >= 0.6 is 0 Å². The molecule has 1 N–H and O–H groups in total. The Morgan fingerprint density at radius 1 is 1.38 bits per heavy atom. The number of likely N-dealkylation sites (tertiary alicyclic amines) is 1. The summed E-state index contributed by atoms with van der Waals surface area (Å²) in [6, 6.07) is 2.17. The van der Waals surface area contributed by atoms with E-state index in [1.54, 1.807) is 0 Å². The average Bonchev–Trinajstić information content (AvgIpc) is 2.65. The van der Waals surface area contributed by atoms with Crippen LogP contribution in [0.15, 0.2) is 0 Å². The molecule has 1 heterocycles. The third-order valence-corrected chi connectivity index (χ3v) is 3.10. The number of aliphatic hydroxyl groups excluding tert-OH is 1. The second-order valence-corrected chi connectivity index (χ2v) is 4.28. The first-order chi connectivity index (χ1) is 7.79. The van der Waals surface area contributed by atoms with Crippen LogP contribution in [-0.2, 0) is 4.79 Å². The molecule has 1 amide bonds. The van der Waals surface area contributed by atoms with Crippen molar-refractivity contribution >= 4 is 5.91 Å². The van der Waals surface area contributed by atoms with E-state index in [-0.39, 0.29) is 18.6 Å². The van der Waals surface area contributed by atoms with Gasteiger partial charge in [-0.15, -0.1) is 0 Å². The molecule has 1 saturated heterocycles. The molecule has 0 aromatic heterocycles. The van der Waals surface area contributed by atoms with E-state index in [0.29, 0.717) is 12.8 Å². The molecule has 0 aromatic rings. The van der Waals surface area contributed by atoms with Gasteiger partial charge in [-0.25, -0.2) is 0 Å². The highest BCUT2D eigenvalue weighted by molar-refractivity contribution is 5.78. The lowest BCUT2D eigenvalue weighted by Gasteiger charge is -2.22. The van der Waals surface area contributed by atoms with Gasteiger partial charge in [0.1, 0.15) is 0 Å². The molecule has 0 aliphatic carbocycles. The van der Waals surface area contributed by atoms with Crippen molar-refractivity contribution in [2.24, 2.45) is 0 Å². The van der Waals surface area contributed by atoms with Crippen LogP contribution in [0, 0.1) is 11.3 Å². The predicted molar refractivity (Wildman–Crippen MR) is 60.5 cm³/mol. The van der Waals surface area contributed by atoms with Crippen molar-refractivity contribution in [2.45, 2.75) is 51.0 Å². The SMILES string of the molecule is N#CCCCCCCN1C(=O)CCC1CO. The maximum absolute atomic E-state index is 11.5. The molecule has 0 radical (unpaired) electrons. The van der Waals surface area contributed by atoms with Crippen molar-refractivity contribution in [3.8, 4) is 6.07 Å². The minimum absolute atomic E-state index is 0.0478. The molecule has 90 valence electrons. The molecule has 0 spiro atoms. The van der Waals surface area contributed by atoms with Crippen molar-refractivity contribution in [1.82, 2.24) is 4.90 Å². The lowest BCUT2D eigenvalue weighted by molar-refractivity contribution is -0.129. The fourth-order valence-electron chi connectivity index (χ4n) is 2.13. The molecular formula is C12H20N2O2. The van der Waals surface area contributed by atoms with E-state index in [2.05, 4.69) is 6.07 Å². The van der Waals surface area contributed by atoms with Crippen LogP contribution in [0.4, 0.5) is 0 Å². The lowest BCUT2D eigenvalue weighted by atomic mass is 10.1. The van der Waals surface area contributed by atoms with E-state index in [1.807, 2.05) is 4.90 Å². The summed E-state index contributed by atoms with van der Waals surface area (Å²) in [7, 11) is 0. The zero-order chi connectivity index (χ0) is 11.8. The second kappa shape index (κ2) is 7.24. The number of unbranched alkanes of at least 4 members (excludes halogenated alkanes) is 4. The third kappa shape index (κ3) is 3.82. The monoisotopic (exact) mass is 224 g/mol. The molecule has 4 heteroatoms. The van der Waals surface area contributed by atoms with Crippen molar-refractivity contribution in [3.63, 3.8) is 0 Å². The zero-order valence-corrected chi connectivity index (χ0v) is 9.69. The molecule has 1 unspecified atom stereocenters. The molecule has 0 saturated carbocycles. The Morgan fingerprint density at radius 2 is 2.12 bits per heavy atom. The van der Waals surface area contributed by atoms with Gasteiger partial charge in [0.2, 0.25) is 5.91 Å². The van der Waals surface area contributed by atoms with Gasteiger partial charge in [-0.05, 0) is 19.3 Å². The van der Waals surface area contributed by atoms with Gasteiger partial charge in [0, 0.05) is 19.4 Å². The van der Waals surface area contributed by atoms with Crippen LogP contribution in [0.3, 0.4) is 0 Å². The summed E-state index contributed by atoms with van der Waals surface area (Å²) in [4.78, 5) is 13.3. The van der Waals surface area contributed by atoms with Crippen LogP contribution in [0.5, 0.6) is 0 Å². The summed E-state index contributed by atoms with van der Waals surface area (Å²) < 4.78 is 0. The van der Waals surface area contributed by atoms with E-state index >= 15 is 0 Å². The highest BCUT2D eigenvalue weighted by Crippen LogP contribution is 2.19. The summed E-state index contributed by atoms with van der Waals surface area (Å²) >= 11 is 0. The number of rotatable bonds is 7. The molecular weight excluding hydrogens is 204 g/mol. The van der Waals surface area contributed by atoms with Gasteiger partial charge in [0.05, 0.1) is 18.7 Å². The maximum Gasteiger partial charge on any atom is 0.222 e. The first-order valence-corrected chi connectivity index (χ1v) is 6.07. The summed E-state index contributed by atoms with van der Waals surface area (Å²) in [5, 5.41) is 17.5. The largest absolute Gasteiger partial charge is 0.394 e. The van der Waals surface area contributed by atoms with Gasteiger partial charge in [0.15, 0.2) is 0 Å². The molecule has 1 atom stereocenters. The van der Waals surface area contributed by atoms with Crippen molar-refractivity contribution < 1.29 is 9.90 Å². The van der Waals surface area contributed by atoms with Crippen LogP contribution in [-0.4, -0.2) is 35.1 Å². The molecule has 1 aliphatic heterocycles. The van der Waals surface area contributed by atoms with Gasteiger partial charge >= 0.3 is 0 Å². The Hall–Kier alpha value is -1.08. The Bertz CT molecular complexity index is 260. The quantitative estimate of drug-likeness (QED) is 0.665. The Kier molecular flexibility index (Phi) is 5.87. The van der Waals surface area contributed by atoms with Crippen LogP contribution in [0.2, 0.25) is 0 Å². The van der Waals surface area contributed by atoms with Gasteiger partial charge < -0.3 is 10.0 Å². The molecule has 1 aliphatic rings. The van der Waals surface area contributed by atoms with Crippen molar-refractivity contribution in [2.75, 3.05) is 13.2 Å². The van der Waals surface area contributed by atoms with Crippen LogP contribution < -0.4 is 0 Å². The van der Waals surface area contributed by atoms with Crippen LogP contribution in [0.25, 0.3) is 0 Å². The molecule has 16 heavy (non-hydrogen) atoms. The number of nitriles is 1. The van der Waals surface area contributed by atoms with Crippen molar-refractivity contribution in [1.29, 1.82) is 5.26 Å². The van der Waals surface area contributed by atoms with E-state index in [4.69, 9.17) is 10.4 Å². The van der Waals surface area contributed by atoms with E-state index < -0.39 is 0 Å². The standard InChI is InChI=1S/C12H20N2O2/c13-8-4-2-1-3-5-9-14-11(10-15)6-7-12(14)16/h11,15H,1-7,9-10H2. The molecule has 1 fully saturated rings. The first kappa shape index (κ1) is 13.0. The van der Waals surface area contributed by atoms with Gasteiger partial charge in [-0.1, -0.05) is 12.8 Å². The highest BCUT2D eigenvalue weighted by atomic mass is 16.3. The summed E-state index contributed by atoms with van der Waals surface area (Å²) in [6.45, 7) is 0.844. The molecule has 4 nitrogen and oxygen atoms in total. The Morgan fingerprint density at radius 3 is 2.81 bits per heavy atom. The number of hydrogen-bond acceptors (Lipinski definition) is 3. The number of amides is 1. The third-order valence-electron chi connectivity index (χ3n) is 3.10. The first-order valence-electron chi connectivity index (χ1n) is 6.07. The van der Waals surface area contributed by atoms with Gasteiger partial charge in [-0.3, -0.25) is 4.79 Å². The van der Waals surface area contributed by atoms with E-state index in [0.717, 1.165) is 38.6 Å². The number of aliphatic hydroxyl groups is 1. The smallest absolute Gasteiger partial charge is 0.222 e. The average molecular weight is 224 g/mol. The molecule has 1 rings (SSSR count). The fraction of sp³-hybridized carbons (Fsp3) is 0.833. The van der Waals surface area contributed by atoms with Crippen LogP contribution in [0.1, 0.15) is 44.9 Å². The number of nitrogens with zero attached hydrogens (tertiary/aromatic N) is 2. The number of carbonyl (C=O) groups is 1. The minimum atomic E-state index is 0.0478. The molecule has 0 bridgehead atoms. The summed E-state index contributed by atoms with van der Waals surface area (Å²) in [5.74, 6) is 0.177. The summed E-state index contributed by atoms with van der Waals surface area (Å²) in [5.41, 5.74) is 0. The lowest BCUT2D eigenvalue weighted by Crippen LogP contribution is -2.36. The van der Waals surface area contributed by atoms with Gasteiger partial charge in [0.25, 0.3) is 0 Å². The summed E-state index contributed by atoms with van der Waals surface area (Å²) in [6.07, 6.45) is 6.05. The van der Waals surface area contributed by atoms with Gasteiger partial charge in [-0.2, -0.15) is 5.26 Å². The molecule has 0 aromatic carbocycles.